The van der Waals surface area contributed by atoms with E-state index in [2.05, 4.69) is 15.1 Å². The summed E-state index contributed by atoms with van der Waals surface area (Å²) in [6.07, 6.45) is 3.25. The second-order valence-electron chi connectivity index (χ2n) is 6.18. The van der Waals surface area contributed by atoms with Crippen molar-refractivity contribution in [1.29, 1.82) is 0 Å². The second-order valence-corrected chi connectivity index (χ2v) is 6.18. The van der Waals surface area contributed by atoms with Crippen LogP contribution < -0.4 is 5.56 Å². The van der Waals surface area contributed by atoms with E-state index in [4.69, 9.17) is 0 Å². The molecule has 0 unspecified atom stereocenters. The van der Waals surface area contributed by atoms with Crippen molar-refractivity contribution >= 4 is 16.7 Å². The molecule has 0 aliphatic heterocycles. The highest BCUT2D eigenvalue weighted by Gasteiger charge is 2.16. The fourth-order valence-electron chi connectivity index (χ4n) is 2.91. The van der Waals surface area contributed by atoms with Gasteiger partial charge in [0, 0.05) is 24.8 Å². The molecule has 0 atom stereocenters. The summed E-state index contributed by atoms with van der Waals surface area (Å²) in [5.74, 6) is 0.483. The van der Waals surface area contributed by atoms with E-state index < -0.39 is 0 Å². The van der Waals surface area contributed by atoms with E-state index in [1.165, 1.54) is 6.33 Å². The summed E-state index contributed by atoms with van der Waals surface area (Å²) >= 11 is 0. The van der Waals surface area contributed by atoms with Gasteiger partial charge in [0.05, 0.1) is 16.6 Å². The van der Waals surface area contributed by atoms with Gasteiger partial charge in [-0.3, -0.25) is 4.79 Å². The molecular formula is C18H18N6O. The number of likely N-dealkylation sites (N-methyl/N-ethyl adjacent to an activating group) is 1. The molecule has 7 heteroatoms. The summed E-state index contributed by atoms with van der Waals surface area (Å²) in [4.78, 5) is 23.9. The molecule has 7 nitrogen and oxygen atoms in total. The molecule has 1 aromatic carbocycles. The van der Waals surface area contributed by atoms with Gasteiger partial charge in [0.2, 0.25) is 0 Å². The molecule has 0 spiro atoms. The number of rotatable bonds is 4. The molecule has 3 aromatic heterocycles. The molecule has 0 amide bonds. The van der Waals surface area contributed by atoms with E-state index in [0.29, 0.717) is 23.2 Å². The zero-order chi connectivity index (χ0) is 17.4. The van der Waals surface area contributed by atoms with Gasteiger partial charge in [0.15, 0.2) is 0 Å². The van der Waals surface area contributed by atoms with Gasteiger partial charge >= 0.3 is 0 Å². The van der Waals surface area contributed by atoms with E-state index in [1.54, 1.807) is 15.3 Å². The molecule has 25 heavy (non-hydrogen) atoms. The third-order valence-corrected chi connectivity index (χ3v) is 4.18. The van der Waals surface area contributed by atoms with Gasteiger partial charge in [0.25, 0.3) is 11.3 Å². The van der Waals surface area contributed by atoms with E-state index >= 15 is 0 Å². The SMILES string of the molecule is CN(C)CCn1ccc2nc3ncnn3c(-c3ccccc3)c2c1=O. The third-order valence-electron chi connectivity index (χ3n) is 4.18. The van der Waals surface area contributed by atoms with Crippen molar-refractivity contribution in [3.63, 3.8) is 0 Å². The van der Waals surface area contributed by atoms with Crippen LogP contribution in [0.25, 0.3) is 27.9 Å². The van der Waals surface area contributed by atoms with Crippen LogP contribution in [0.1, 0.15) is 0 Å². The molecule has 126 valence electrons. The molecule has 4 rings (SSSR count). The van der Waals surface area contributed by atoms with Gasteiger partial charge in [-0.2, -0.15) is 14.6 Å². The maximum absolute atomic E-state index is 13.1. The summed E-state index contributed by atoms with van der Waals surface area (Å²) < 4.78 is 3.36. The van der Waals surface area contributed by atoms with Gasteiger partial charge in [-0.15, -0.1) is 0 Å². The molecule has 0 fully saturated rings. The third kappa shape index (κ3) is 2.68. The number of fused-ring (bicyclic) bond motifs is 2. The van der Waals surface area contributed by atoms with Crippen LogP contribution in [0.4, 0.5) is 0 Å². The first-order valence-corrected chi connectivity index (χ1v) is 8.08. The van der Waals surface area contributed by atoms with Crippen LogP contribution in [-0.4, -0.2) is 49.7 Å². The Bertz CT molecular complexity index is 1100. The highest BCUT2D eigenvalue weighted by molar-refractivity contribution is 5.93. The first-order chi connectivity index (χ1) is 12.1. The van der Waals surface area contributed by atoms with E-state index in [1.807, 2.05) is 55.4 Å². The molecule has 4 aromatic rings. The van der Waals surface area contributed by atoms with Gasteiger partial charge in [-0.25, -0.2) is 4.98 Å². The molecular weight excluding hydrogens is 316 g/mol. The second kappa shape index (κ2) is 6.10. The summed E-state index contributed by atoms with van der Waals surface area (Å²) in [5.41, 5.74) is 2.20. The minimum absolute atomic E-state index is 0.0666. The van der Waals surface area contributed by atoms with Crippen LogP contribution in [0, 0.1) is 0 Å². The van der Waals surface area contributed by atoms with Crippen LogP contribution in [0.5, 0.6) is 0 Å². The van der Waals surface area contributed by atoms with Gasteiger partial charge in [0.1, 0.15) is 6.33 Å². The number of pyridine rings is 1. The summed E-state index contributed by atoms with van der Waals surface area (Å²) in [5, 5.41) is 4.84. The lowest BCUT2D eigenvalue weighted by atomic mass is 10.1. The smallest absolute Gasteiger partial charge is 0.262 e. The minimum Gasteiger partial charge on any atom is -0.314 e. The van der Waals surface area contributed by atoms with Crippen molar-refractivity contribution < 1.29 is 0 Å². The zero-order valence-corrected chi connectivity index (χ0v) is 14.1. The van der Waals surface area contributed by atoms with E-state index in [-0.39, 0.29) is 5.56 Å². The summed E-state index contributed by atoms with van der Waals surface area (Å²) in [6.45, 7) is 1.40. The predicted octanol–water partition coefficient (Wildman–Crippen LogP) is 1.67. The van der Waals surface area contributed by atoms with Crippen molar-refractivity contribution in [2.45, 2.75) is 6.54 Å². The molecule has 3 heterocycles. The van der Waals surface area contributed by atoms with Gasteiger partial charge in [-0.05, 0) is 20.2 Å². The largest absolute Gasteiger partial charge is 0.314 e. The number of hydrogen-bond donors (Lipinski definition) is 0. The average molecular weight is 334 g/mol. The van der Waals surface area contributed by atoms with E-state index in [0.717, 1.165) is 17.8 Å². The Morgan fingerprint density at radius 2 is 1.92 bits per heavy atom. The fourth-order valence-corrected chi connectivity index (χ4v) is 2.91. The fraction of sp³-hybridized carbons (Fsp3) is 0.222. The molecule has 0 aliphatic carbocycles. The van der Waals surface area contributed by atoms with Crippen molar-refractivity contribution in [2.75, 3.05) is 20.6 Å². The Balaban J connectivity index is 2.05. The number of aromatic nitrogens is 5. The molecule has 0 aliphatic rings. The quantitative estimate of drug-likeness (QED) is 0.568. The van der Waals surface area contributed by atoms with Crippen LogP contribution >= 0.6 is 0 Å². The van der Waals surface area contributed by atoms with E-state index in [9.17, 15) is 4.79 Å². The van der Waals surface area contributed by atoms with Crippen LogP contribution in [0.2, 0.25) is 0 Å². The Labute approximate surface area is 144 Å². The standard InChI is InChI=1S/C18H18N6O/c1-22(2)10-11-23-9-8-14-15(17(23)25)16(13-6-4-3-5-7-13)24-18(21-14)19-12-20-24/h3-9,12H,10-11H2,1-2H3. The maximum Gasteiger partial charge on any atom is 0.262 e. The van der Waals surface area contributed by atoms with Gasteiger partial charge in [-0.1, -0.05) is 30.3 Å². The Morgan fingerprint density at radius 1 is 1.12 bits per heavy atom. The monoisotopic (exact) mass is 334 g/mol. The summed E-state index contributed by atoms with van der Waals surface area (Å²) in [6, 6.07) is 11.6. The lowest BCUT2D eigenvalue weighted by Gasteiger charge is -2.13. The lowest BCUT2D eigenvalue weighted by molar-refractivity contribution is 0.381. The van der Waals surface area contributed by atoms with Gasteiger partial charge < -0.3 is 9.47 Å². The topological polar surface area (TPSA) is 68.3 Å². The number of nitrogens with zero attached hydrogens (tertiary/aromatic N) is 6. The van der Waals surface area contributed by atoms with Crippen molar-refractivity contribution in [3.8, 4) is 11.3 Å². The molecule has 0 radical (unpaired) electrons. The van der Waals surface area contributed by atoms with Crippen LogP contribution in [-0.2, 0) is 6.54 Å². The van der Waals surface area contributed by atoms with Crippen LogP contribution in [0.3, 0.4) is 0 Å². The zero-order valence-electron chi connectivity index (χ0n) is 14.1. The van der Waals surface area contributed by atoms with Crippen molar-refractivity contribution in [3.05, 3.63) is 59.3 Å². The minimum atomic E-state index is -0.0666. The summed E-state index contributed by atoms with van der Waals surface area (Å²) in [7, 11) is 3.98. The molecule has 0 N–H and O–H groups in total. The normalized spacial score (nSPS) is 11.6. The average Bonchev–Trinajstić information content (AvgIpc) is 3.08. The number of hydrogen-bond acceptors (Lipinski definition) is 5. The first-order valence-electron chi connectivity index (χ1n) is 8.08. The molecule has 0 bridgehead atoms. The van der Waals surface area contributed by atoms with Crippen molar-refractivity contribution in [1.82, 2.24) is 29.0 Å². The highest BCUT2D eigenvalue weighted by Crippen LogP contribution is 2.25. The number of benzene rings is 1. The molecule has 0 saturated heterocycles. The van der Waals surface area contributed by atoms with Crippen LogP contribution in [0.15, 0.2) is 53.7 Å². The van der Waals surface area contributed by atoms with Crippen molar-refractivity contribution in [2.24, 2.45) is 0 Å². The predicted molar refractivity (Wildman–Crippen MR) is 96.5 cm³/mol. The molecule has 0 saturated carbocycles. The Hall–Kier alpha value is -3.06. The Kier molecular flexibility index (Phi) is 3.77. The lowest BCUT2D eigenvalue weighted by Crippen LogP contribution is -2.27. The first kappa shape index (κ1) is 15.5. The highest BCUT2D eigenvalue weighted by atomic mass is 16.1. The Morgan fingerprint density at radius 3 is 2.68 bits per heavy atom. The maximum atomic E-state index is 13.1.